The third kappa shape index (κ3) is 3.44. The fourth-order valence-electron chi connectivity index (χ4n) is 2.12. The number of nitrogens with one attached hydrogen (secondary N) is 1. The first kappa shape index (κ1) is 15.4. The van der Waals surface area contributed by atoms with Crippen LogP contribution in [0.4, 0.5) is 5.13 Å². The molecule has 3 rings (SSSR count). The van der Waals surface area contributed by atoms with Crippen molar-refractivity contribution in [2.75, 3.05) is 12.4 Å². The third-order valence-electron chi connectivity index (χ3n) is 3.57. The van der Waals surface area contributed by atoms with Gasteiger partial charge in [-0.05, 0) is 49.9 Å². The normalized spacial score (nSPS) is 14.0. The number of nitrogens with zero attached hydrogens (tertiary/aromatic N) is 1. The number of ether oxygens (including phenoxy) is 1. The van der Waals surface area contributed by atoms with Gasteiger partial charge in [-0.25, -0.2) is 4.98 Å². The van der Waals surface area contributed by atoms with Gasteiger partial charge in [0.1, 0.15) is 5.75 Å². The highest BCUT2D eigenvalue weighted by Crippen LogP contribution is 2.38. The summed E-state index contributed by atoms with van der Waals surface area (Å²) < 4.78 is 6.41. The van der Waals surface area contributed by atoms with Gasteiger partial charge in [0.15, 0.2) is 5.13 Å². The van der Waals surface area contributed by atoms with Crippen LogP contribution in [-0.2, 0) is 4.79 Å². The van der Waals surface area contributed by atoms with E-state index in [0.29, 0.717) is 5.13 Å². The number of thiazole rings is 1. The number of carbonyl (C=O) groups excluding carboxylic acids is 1. The lowest BCUT2D eigenvalue weighted by Crippen LogP contribution is -2.12. The molecule has 1 aromatic heterocycles. The quantitative estimate of drug-likeness (QED) is 0.887. The van der Waals surface area contributed by atoms with Crippen LogP contribution in [0.1, 0.15) is 24.0 Å². The maximum atomic E-state index is 11.7. The van der Waals surface area contributed by atoms with E-state index in [1.165, 1.54) is 21.8 Å². The third-order valence-corrected chi connectivity index (χ3v) is 5.74. The van der Waals surface area contributed by atoms with E-state index in [9.17, 15) is 4.79 Å². The van der Waals surface area contributed by atoms with Gasteiger partial charge in [0.25, 0.3) is 0 Å². The average Bonchev–Trinajstić information content (AvgIpc) is 3.25. The van der Waals surface area contributed by atoms with Crippen LogP contribution in [0, 0.1) is 19.8 Å². The molecule has 0 saturated heterocycles. The van der Waals surface area contributed by atoms with Gasteiger partial charge in [-0.2, -0.15) is 0 Å². The van der Waals surface area contributed by atoms with Crippen LogP contribution in [0.25, 0.3) is 0 Å². The Kier molecular flexibility index (Phi) is 4.40. The summed E-state index contributed by atoms with van der Waals surface area (Å²) in [6.45, 7) is 4.11. The zero-order chi connectivity index (χ0) is 15.7. The maximum absolute atomic E-state index is 11.7. The zero-order valence-electron chi connectivity index (χ0n) is 12.8. The molecule has 0 unspecified atom stereocenters. The van der Waals surface area contributed by atoms with E-state index in [2.05, 4.69) is 29.4 Å². The van der Waals surface area contributed by atoms with Crippen molar-refractivity contribution in [1.82, 2.24) is 4.98 Å². The Bertz CT molecular complexity index is 708. The molecule has 22 heavy (non-hydrogen) atoms. The molecular formula is C16H18N2O2S2. The number of amides is 1. The van der Waals surface area contributed by atoms with Gasteiger partial charge in [-0.3, -0.25) is 4.79 Å². The predicted octanol–water partition coefficient (Wildman–Crippen LogP) is 4.27. The molecule has 1 heterocycles. The van der Waals surface area contributed by atoms with Gasteiger partial charge < -0.3 is 10.1 Å². The standard InChI is InChI=1S/C16H18N2O2S2/c1-9-7-13(10(2)6-12(9)20-3)21-14-8-17-16(22-14)18-15(19)11-4-5-11/h6-8,11H,4-5H2,1-3H3,(H,17,18,19). The highest BCUT2D eigenvalue weighted by molar-refractivity contribution is 8.01. The monoisotopic (exact) mass is 334 g/mol. The minimum atomic E-state index is 0.0994. The SMILES string of the molecule is COc1cc(C)c(Sc2cnc(NC(=O)C3CC3)s2)cc1C. The highest BCUT2D eigenvalue weighted by atomic mass is 32.2. The molecule has 1 aliphatic rings. The number of anilines is 1. The fraction of sp³-hybridized carbons (Fsp3) is 0.375. The molecule has 0 radical (unpaired) electrons. The summed E-state index contributed by atoms with van der Waals surface area (Å²) in [4.78, 5) is 17.2. The Morgan fingerprint density at radius 3 is 2.82 bits per heavy atom. The number of carbonyl (C=O) groups is 1. The van der Waals surface area contributed by atoms with Crippen molar-refractivity contribution in [3.8, 4) is 5.75 Å². The minimum Gasteiger partial charge on any atom is -0.496 e. The first-order valence-corrected chi connectivity index (χ1v) is 8.80. The number of benzene rings is 1. The van der Waals surface area contributed by atoms with Crippen LogP contribution in [0.3, 0.4) is 0 Å². The smallest absolute Gasteiger partial charge is 0.229 e. The van der Waals surface area contributed by atoms with Crippen molar-refractivity contribution >= 4 is 34.1 Å². The summed E-state index contributed by atoms with van der Waals surface area (Å²) in [6.07, 6.45) is 3.82. The summed E-state index contributed by atoms with van der Waals surface area (Å²) >= 11 is 3.18. The number of aryl methyl sites for hydroxylation is 2. The van der Waals surface area contributed by atoms with Crippen molar-refractivity contribution in [3.63, 3.8) is 0 Å². The van der Waals surface area contributed by atoms with Gasteiger partial charge >= 0.3 is 0 Å². The van der Waals surface area contributed by atoms with Crippen LogP contribution in [-0.4, -0.2) is 18.0 Å². The lowest BCUT2D eigenvalue weighted by Gasteiger charge is -2.09. The van der Waals surface area contributed by atoms with Crippen molar-refractivity contribution in [3.05, 3.63) is 29.5 Å². The van der Waals surface area contributed by atoms with Gasteiger partial charge in [-0.15, -0.1) is 0 Å². The lowest BCUT2D eigenvalue weighted by molar-refractivity contribution is -0.117. The van der Waals surface area contributed by atoms with E-state index in [4.69, 9.17) is 4.74 Å². The van der Waals surface area contributed by atoms with E-state index in [0.717, 1.165) is 28.4 Å². The van der Waals surface area contributed by atoms with Gasteiger partial charge in [0.05, 0.1) is 17.5 Å². The number of methoxy groups -OCH3 is 1. The van der Waals surface area contributed by atoms with Crippen molar-refractivity contribution < 1.29 is 9.53 Å². The molecule has 0 atom stereocenters. The molecule has 116 valence electrons. The van der Waals surface area contributed by atoms with Crippen LogP contribution in [0.5, 0.6) is 5.75 Å². The molecule has 1 saturated carbocycles. The molecule has 2 aromatic rings. The summed E-state index contributed by atoms with van der Waals surface area (Å²) in [5.41, 5.74) is 2.28. The first-order chi connectivity index (χ1) is 10.6. The van der Waals surface area contributed by atoms with Gasteiger partial charge in [-0.1, -0.05) is 23.1 Å². The molecule has 4 nitrogen and oxygen atoms in total. The van der Waals surface area contributed by atoms with Gasteiger partial charge in [0.2, 0.25) is 5.91 Å². The second kappa shape index (κ2) is 6.30. The molecule has 1 aromatic carbocycles. The Hall–Kier alpha value is -1.53. The zero-order valence-corrected chi connectivity index (χ0v) is 14.4. The molecular weight excluding hydrogens is 316 g/mol. The van der Waals surface area contributed by atoms with Crippen LogP contribution in [0.2, 0.25) is 0 Å². The number of aromatic nitrogens is 1. The molecule has 6 heteroatoms. The first-order valence-electron chi connectivity index (χ1n) is 7.16. The summed E-state index contributed by atoms with van der Waals surface area (Å²) in [6, 6.07) is 4.18. The molecule has 1 N–H and O–H groups in total. The van der Waals surface area contributed by atoms with Crippen molar-refractivity contribution in [1.29, 1.82) is 0 Å². The summed E-state index contributed by atoms with van der Waals surface area (Å²) in [5, 5.41) is 3.57. The fourth-order valence-corrected chi connectivity index (χ4v) is 4.12. The molecule has 1 aliphatic carbocycles. The lowest BCUT2D eigenvalue weighted by atomic mass is 10.1. The Labute approximate surface area is 138 Å². The van der Waals surface area contributed by atoms with Gasteiger partial charge in [0, 0.05) is 10.8 Å². The maximum Gasteiger partial charge on any atom is 0.229 e. The Morgan fingerprint density at radius 1 is 1.36 bits per heavy atom. The number of hydrogen-bond acceptors (Lipinski definition) is 5. The average molecular weight is 334 g/mol. The Balaban J connectivity index is 1.72. The minimum absolute atomic E-state index is 0.0994. The predicted molar refractivity (Wildman–Crippen MR) is 90.1 cm³/mol. The van der Waals surface area contributed by atoms with Crippen molar-refractivity contribution in [2.45, 2.75) is 35.8 Å². The Morgan fingerprint density at radius 2 is 2.14 bits per heavy atom. The highest BCUT2D eigenvalue weighted by Gasteiger charge is 2.30. The largest absolute Gasteiger partial charge is 0.496 e. The van der Waals surface area contributed by atoms with E-state index in [1.54, 1.807) is 18.9 Å². The molecule has 0 bridgehead atoms. The second-order valence-electron chi connectivity index (χ2n) is 5.44. The van der Waals surface area contributed by atoms with E-state index >= 15 is 0 Å². The molecule has 0 aliphatic heterocycles. The van der Waals surface area contributed by atoms with Crippen LogP contribution in [0.15, 0.2) is 27.4 Å². The van der Waals surface area contributed by atoms with Crippen molar-refractivity contribution in [2.24, 2.45) is 5.92 Å². The number of hydrogen-bond donors (Lipinski definition) is 1. The summed E-state index contributed by atoms with van der Waals surface area (Å²) in [7, 11) is 1.69. The summed E-state index contributed by atoms with van der Waals surface area (Å²) in [5.74, 6) is 1.21. The van der Waals surface area contributed by atoms with E-state index in [1.807, 2.05) is 13.1 Å². The second-order valence-corrected chi connectivity index (χ2v) is 7.81. The van der Waals surface area contributed by atoms with E-state index in [-0.39, 0.29) is 11.8 Å². The molecule has 0 spiro atoms. The molecule has 1 amide bonds. The van der Waals surface area contributed by atoms with Crippen LogP contribution < -0.4 is 10.1 Å². The number of rotatable bonds is 5. The topological polar surface area (TPSA) is 51.2 Å². The van der Waals surface area contributed by atoms with E-state index < -0.39 is 0 Å². The van der Waals surface area contributed by atoms with Crippen LogP contribution >= 0.6 is 23.1 Å². The molecule has 1 fully saturated rings.